The van der Waals surface area contributed by atoms with Crippen molar-refractivity contribution in [3.63, 3.8) is 0 Å². The molecule has 0 saturated heterocycles. The van der Waals surface area contributed by atoms with Crippen LogP contribution in [0.1, 0.15) is 18.9 Å². The Morgan fingerprint density at radius 3 is 2.74 bits per heavy atom. The molecule has 0 radical (unpaired) electrons. The summed E-state index contributed by atoms with van der Waals surface area (Å²) in [5, 5.41) is 0.953. The number of amides is 1. The predicted octanol–water partition coefficient (Wildman–Crippen LogP) is 2.24. The quantitative estimate of drug-likeness (QED) is 0.932. The van der Waals surface area contributed by atoms with Crippen molar-refractivity contribution in [1.29, 1.82) is 0 Å². The molecule has 2 unspecified atom stereocenters. The fourth-order valence-corrected chi connectivity index (χ4v) is 2.86. The van der Waals surface area contributed by atoms with Gasteiger partial charge < -0.3 is 10.6 Å². The second-order valence-electron chi connectivity index (χ2n) is 4.92. The van der Waals surface area contributed by atoms with E-state index in [1.807, 2.05) is 38.1 Å². The van der Waals surface area contributed by atoms with Crippen LogP contribution in [-0.4, -0.2) is 28.9 Å². The average molecular weight is 277 g/mol. The van der Waals surface area contributed by atoms with Gasteiger partial charge in [0.2, 0.25) is 5.91 Å². The molecule has 1 heterocycles. The topological polar surface area (TPSA) is 59.2 Å². The largest absolute Gasteiger partial charge is 0.339 e. The van der Waals surface area contributed by atoms with Crippen molar-refractivity contribution in [2.45, 2.75) is 26.4 Å². The van der Waals surface area contributed by atoms with E-state index in [-0.39, 0.29) is 17.9 Å². The normalized spacial score (nSPS) is 14.3. The lowest BCUT2D eigenvalue weighted by atomic mass is 10.0. The van der Waals surface area contributed by atoms with Crippen molar-refractivity contribution in [3.05, 3.63) is 29.3 Å². The van der Waals surface area contributed by atoms with Crippen molar-refractivity contribution in [1.82, 2.24) is 9.88 Å². The highest BCUT2D eigenvalue weighted by Crippen LogP contribution is 2.22. The van der Waals surface area contributed by atoms with Gasteiger partial charge in [0.15, 0.2) is 0 Å². The third-order valence-corrected chi connectivity index (χ3v) is 4.29. The maximum absolute atomic E-state index is 12.1. The molecule has 5 heteroatoms. The molecule has 0 saturated carbocycles. The van der Waals surface area contributed by atoms with Crippen LogP contribution in [0.4, 0.5) is 0 Å². The number of thiazole rings is 1. The van der Waals surface area contributed by atoms with Crippen molar-refractivity contribution < 1.29 is 4.79 Å². The second-order valence-corrected chi connectivity index (χ2v) is 6.03. The molecule has 102 valence electrons. The first-order valence-corrected chi connectivity index (χ1v) is 7.15. The molecule has 2 N–H and O–H groups in total. The Morgan fingerprint density at radius 1 is 1.42 bits per heavy atom. The van der Waals surface area contributed by atoms with Gasteiger partial charge in [0.1, 0.15) is 5.01 Å². The van der Waals surface area contributed by atoms with E-state index in [9.17, 15) is 4.79 Å². The molecule has 0 spiro atoms. The second kappa shape index (κ2) is 5.67. The molecule has 2 rings (SSSR count). The van der Waals surface area contributed by atoms with Crippen molar-refractivity contribution >= 4 is 27.5 Å². The van der Waals surface area contributed by atoms with Crippen LogP contribution in [0.5, 0.6) is 0 Å². The summed E-state index contributed by atoms with van der Waals surface area (Å²) in [6.45, 7) is 4.26. The lowest BCUT2D eigenvalue weighted by Gasteiger charge is -2.22. The predicted molar refractivity (Wildman–Crippen MR) is 78.9 cm³/mol. The van der Waals surface area contributed by atoms with E-state index in [1.165, 1.54) is 0 Å². The van der Waals surface area contributed by atoms with Gasteiger partial charge in [-0.25, -0.2) is 4.98 Å². The van der Waals surface area contributed by atoms with Crippen LogP contribution in [0.2, 0.25) is 0 Å². The van der Waals surface area contributed by atoms with E-state index in [1.54, 1.807) is 23.3 Å². The number of nitrogens with zero attached hydrogens (tertiary/aromatic N) is 2. The van der Waals surface area contributed by atoms with E-state index in [0.29, 0.717) is 6.54 Å². The standard InChI is InChI=1S/C14H19N3OS/c1-9(10(2)15)14(18)17(3)8-13-16-11-6-4-5-7-12(11)19-13/h4-7,9-10H,8,15H2,1-3H3. The van der Waals surface area contributed by atoms with Gasteiger partial charge in [0, 0.05) is 13.1 Å². The van der Waals surface area contributed by atoms with Crippen LogP contribution in [0.3, 0.4) is 0 Å². The summed E-state index contributed by atoms with van der Waals surface area (Å²) < 4.78 is 1.15. The van der Waals surface area contributed by atoms with Gasteiger partial charge in [0.05, 0.1) is 22.7 Å². The van der Waals surface area contributed by atoms with E-state index in [0.717, 1.165) is 15.2 Å². The fourth-order valence-electron chi connectivity index (χ4n) is 1.84. The highest BCUT2D eigenvalue weighted by Gasteiger charge is 2.21. The number of nitrogens with two attached hydrogens (primary N) is 1. The molecule has 4 nitrogen and oxygen atoms in total. The Balaban J connectivity index is 2.10. The number of aromatic nitrogens is 1. The molecule has 0 aliphatic rings. The van der Waals surface area contributed by atoms with Gasteiger partial charge >= 0.3 is 0 Å². The number of carbonyl (C=O) groups is 1. The van der Waals surface area contributed by atoms with Crippen LogP contribution in [-0.2, 0) is 11.3 Å². The molecule has 2 atom stereocenters. The Hall–Kier alpha value is -1.46. The van der Waals surface area contributed by atoms with Crippen LogP contribution in [0, 0.1) is 5.92 Å². The zero-order valence-corrected chi connectivity index (χ0v) is 12.3. The molecule has 1 amide bonds. The SMILES string of the molecule is CC(N)C(C)C(=O)N(C)Cc1nc2ccccc2s1. The average Bonchev–Trinajstić information content (AvgIpc) is 2.78. The number of benzene rings is 1. The molecular weight excluding hydrogens is 258 g/mol. The van der Waals surface area contributed by atoms with Crippen molar-refractivity contribution in [2.24, 2.45) is 11.7 Å². The first-order valence-electron chi connectivity index (χ1n) is 6.34. The highest BCUT2D eigenvalue weighted by atomic mass is 32.1. The Labute approximate surface area is 117 Å². The maximum Gasteiger partial charge on any atom is 0.227 e. The monoisotopic (exact) mass is 277 g/mol. The number of rotatable bonds is 4. The summed E-state index contributed by atoms with van der Waals surface area (Å²) >= 11 is 1.63. The van der Waals surface area contributed by atoms with Gasteiger partial charge in [-0.05, 0) is 19.1 Å². The molecule has 0 aliphatic heterocycles. The first kappa shape index (κ1) is 14.0. The molecule has 1 aromatic heterocycles. The summed E-state index contributed by atoms with van der Waals surface area (Å²) in [5.41, 5.74) is 6.76. The van der Waals surface area contributed by atoms with Crippen LogP contribution in [0.25, 0.3) is 10.2 Å². The molecule has 1 aromatic carbocycles. The van der Waals surface area contributed by atoms with Crippen molar-refractivity contribution in [3.8, 4) is 0 Å². The number of hydrogen-bond donors (Lipinski definition) is 1. The van der Waals surface area contributed by atoms with Crippen LogP contribution >= 0.6 is 11.3 Å². The van der Waals surface area contributed by atoms with Gasteiger partial charge in [-0.1, -0.05) is 19.1 Å². The van der Waals surface area contributed by atoms with Gasteiger partial charge in [0.25, 0.3) is 0 Å². The van der Waals surface area contributed by atoms with E-state index in [2.05, 4.69) is 4.98 Å². The molecule has 0 aliphatic carbocycles. The van der Waals surface area contributed by atoms with E-state index in [4.69, 9.17) is 5.73 Å². The zero-order chi connectivity index (χ0) is 14.0. The number of fused-ring (bicyclic) bond motifs is 1. The van der Waals surface area contributed by atoms with Gasteiger partial charge in [-0.15, -0.1) is 11.3 Å². The smallest absolute Gasteiger partial charge is 0.227 e. The third-order valence-electron chi connectivity index (χ3n) is 3.27. The Kier molecular flexibility index (Phi) is 4.17. The highest BCUT2D eigenvalue weighted by molar-refractivity contribution is 7.18. The molecule has 19 heavy (non-hydrogen) atoms. The van der Waals surface area contributed by atoms with Crippen molar-refractivity contribution in [2.75, 3.05) is 7.05 Å². The van der Waals surface area contributed by atoms with E-state index < -0.39 is 0 Å². The Morgan fingerprint density at radius 2 is 2.11 bits per heavy atom. The van der Waals surface area contributed by atoms with E-state index >= 15 is 0 Å². The first-order chi connectivity index (χ1) is 8.99. The summed E-state index contributed by atoms with van der Waals surface area (Å²) in [5.74, 6) is -0.103. The van der Waals surface area contributed by atoms with Crippen LogP contribution in [0.15, 0.2) is 24.3 Å². The Bertz CT molecular complexity index is 546. The minimum Gasteiger partial charge on any atom is -0.339 e. The van der Waals surface area contributed by atoms with Gasteiger partial charge in [-0.2, -0.15) is 0 Å². The maximum atomic E-state index is 12.1. The number of para-hydroxylation sites is 1. The van der Waals surface area contributed by atoms with Gasteiger partial charge in [-0.3, -0.25) is 4.79 Å². The van der Waals surface area contributed by atoms with Crippen LogP contribution < -0.4 is 5.73 Å². The number of carbonyl (C=O) groups excluding carboxylic acids is 1. The minimum atomic E-state index is -0.167. The fraction of sp³-hybridized carbons (Fsp3) is 0.429. The summed E-state index contributed by atoms with van der Waals surface area (Å²) in [7, 11) is 1.80. The zero-order valence-electron chi connectivity index (χ0n) is 11.5. The summed E-state index contributed by atoms with van der Waals surface area (Å²) in [6, 6.07) is 7.87. The molecule has 2 aromatic rings. The summed E-state index contributed by atoms with van der Waals surface area (Å²) in [6.07, 6.45) is 0. The molecular formula is C14H19N3OS. The lowest BCUT2D eigenvalue weighted by molar-refractivity contribution is -0.134. The third kappa shape index (κ3) is 3.11. The molecule has 0 fully saturated rings. The summed E-state index contributed by atoms with van der Waals surface area (Å²) in [4.78, 5) is 18.4. The lowest BCUT2D eigenvalue weighted by Crippen LogP contribution is -2.39. The number of hydrogen-bond acceptors (Lipinski definition) is 4. The molecule has 0 bridgehead atoms. The minimum absolute atomic E-state index is 0.0641.